The molecule has 0 aliphatic carbocycles. The molecule has 2 unspecified atom stereocenters. The Hall–Kier alpha value is 0.120. The molecule has 2 saturated heterocycles. The number of piperidine rings is 2. The van der Waals surface area contributed by atoms with Gasteiger partial charge in [0.05, 0.1) is 0 Å². The third kappa shape index (κ3) is 4.56. The maximum absolute atomic E-state index is 12.3. The summed E-state index contributed by atoms with van der Waals surface area (Å²) in [6.07, 6.45) is 3.91. The summed E-state index contributed by atoms with van der Waals surface area (Å²) in [6.45, 7) is 6.53. The highest BCUT2D eigenvalue weighted by molar-refractivity contribution is 7.87. The van der Waals surface area contributed by atoms with Crippen molar-refractivity contribution < 1.29 is 8.42 Å². The summed E-state index contributed by atoms with van der Waals surface area (Å²) in [5.41, 5.74) is 0. The standard InChI is InChI=1S/C12H25N3O2S.ClH/c1-10-5-8-15(9-6-10)18(16,17)14-12-4-3-7-13-11(12)2;/h10-14H,3-9H2,1-2H3;1H. The van der Waals surface area contributed by atoms with Crippen LogP contribution in [0.25, 0.3) is 0 Å². The van der Waals surface area contributed by atoms with Crippen molar-refractivity contribution in [3.05, 3.63) is 0 Å². The summed E-state index contributed by atoms with van der Waals surface area (Å²) in [5, 5.41) is 3.32. The molecule has 0 aromatic carbocycles. The van der Waals surface area contributed by atoms with E-state index >= 15 is 0 Å². The van der Waals surface area contributed by atoms with Gasteiger partial charge in [-0.15, -0.1) is 12.4 Å². The van der Waals surface area contributed by atoms with E-state index in [4.69, 9.17) is 0 Å². The van der Waals surface area contributed by atoms with E-state index in [0.717, 1.165) is 32.2 Å². The first-order valence-corrected chi connectivity index (χ1v) is 8.44. The Morgan fingerprint density at radius 2 is 1.79 bits per heavy atom. The van der Waals surface area contributed by atoms with Gasteiger partial charge in [-0.3, -0.25) is 0 Å². The monoisotopic (exact) mass is 311 g/mol. The molecule has 2 fully saturated rings. The van der Waals surface area contributed by atoms with E-state index in [9.17, 15) is 8.42 Å². The number of nitrogens with zero attached hydrogens (tertiary/aromatic N) is 1. The minimum absolute atomic E-state index is 0. The van der Waals surface area contributed by atoms with Crippen LogP contribution in [0.3, 0.4) is 0 Å². The molecular formula is C12H26ClN3O2S. The number of nitrogens with one attached hydrogen (secondary N) is 2. The second kappa shape index (κ2) is 7.22. The van der Waals surface area contributed by atoms with E-state index in [1.165, 1.54) is 0 Å². The van der Waals surface area contributed by atoms with Crippen LogP contribution in [-0.2, 0) is 10.2 Å². The number of halogens is 1. The molecule has 19 heavy (non-hydrogen) atoms. The van der Waals surface area contributed by atoms with E-state index in [-0.39, 0.29) is 24.5 Å². The van der Waals surface area contributed by atoms with Gasteiger partial charge in [0.15, 0.2) is 0 Å². The maximum Gasteiger partial charge on any atom is 0.279 e. The van der Waals surface area contributed by atoms with Gasteiger partial charge in [-0.25, -0.2) is 0 Å². The lowest BCUT2D eigenvalue weighted by Crippen LogP contribution is -2.55. The molecule has 0 aromatic heterocycles. The summed E-state index contributed by atoms with van der Waals surface area (Å²) in [6, 6.07) is 0.250. The second-order valence-electron chi connectivity index (χ2n) is 5.70. The van der Waals surface area contributed by atoms with Gasteiger partial charge in [-0.2, -0.15) is 17.4 Å². The highest BCUT2D eigenvalue weighted by Gasteiger charge is 2.31. The molecule has 5 nitrogen and oxygen atoms in total. The molecule has 2 atom stereocenters. The van der Waals surface area contributed by atoms with Crippen LogP contribution in [0.1, 0.15) is 39.5 Å². The fourth-order valence-corrected chi connectivity index (χ4v) is 4.24. The van der Waals surface area contributed by atoms with Crippen molar-refractivity contribution in [1.82, 2.24) is 14.3 Å². The van der Waals surface area contributed by atoms with Crippen LogP contribution in [-0.4, -0.2) is 44.4 Å². The molecule has 0 spiro atoms. The number of hydrogen-bond donors (Lipinski definition) is 2. The van der Waals surface area contributed by atoms with Crippen LogP contribution >= 0.6 is 12.4 Å². The molecule has 2 aliphatic rings. The molecule has 7 heteroatoms. The van der Waals surface area contributed by atoms with Crippen LogP contribution < -0.4 is 10.0 Å². The summed E-state index contributed by atoms with van der Waals surface area (Å²) in [4.78, 5) is 0. The van der Waals surface area contributed by atoms with Gasteiger partial charge >= 0.3 is 0 Å². The average molecular weight is 312 g/mol. The Kier molecular flexibility index (Phi) is 6.53. The summed E-state index contributed by atoms with van der Waals surface area (Å²) < 4.78 is 29.1. The number of rotatable bonds is 3. The normalized spacial score (nSPS) is 30.8. The molecule has 0 amide bonds. The second-order valence-corrected chi connectivity index (χ2v) is 7.40. The molecule has 0 radical (unpaired) electrons. The maximum atomic E-state index is 12.3. The molecule has 114 valence electrons. The van der Waals surface area contributed by atoms with Gasteiger partial charge in [-0.05, 0) is 45.1 Å². The van der Waals surface area contributed by atoms with Crippen molar-refractivity contribution >= 4 is 22.6 Å². The van der Waals surface area contributed by atoms with Crippen LogP contribution in [0, 0.1) is 5.92 Å². The van der Waals surface area contributed by atoms with Gasteiger partial charge in [0.2, 0.25) is 0 Å². The zero-order valence-corrected chi connectivity index (χ0v) is 13.4. The van der Waals surface area contributed by atoms with Gasteiger partial charge in [0, 0.05) is 25.2 Å². The molecule has 0 bridgehead atoms. The lowest BCUT2D eigenvalue weighted by Gasteiger charge is -2.34. The third-order valence-corrected chi connectivity index (χ3v) is 5.79. The molecule has 2 aliphatic heterocycles. The van der Waals surface area contributed by atoms with Crippen molar-refractivity contribution in [3.8, 4) is 0 Å². The Labute approximate surface area is 123 Å². The van der Waals surface area contributed by atoms with E-state index in [0.29, 0.717) is 19.0 Å². The predicted molar refractivity (Wildman–Crippen MR) is 79.8 cm³/mol. The first-order chi connectivity index (χ1) is 8.49. The van der Waals surface area contributed by atoms with E-state index in [1.807, 2.05) is 6.92 Å². The Morgan fingerprint density at radius 1 is 1.16 bits per heavy atom. The summed E-state index contributed by atoms with van der Waals surface area (Å²) >= 11 is 0. The van der Waals surface area contributed by atoms with E-state index < -0.39 is 10.2 Å². The Morgan fingerprint density at radius 3 is 2.37 bits per heavy atom. The van der Waals surface area contributed by atoms with Crippen LogP contribution in [0.4, 0.5) is 0 Å². The molecule has 2 heterocycles. The van der Waals surface area contributed by atoms with Crippen molar-refractivity contribution in [2.45, 2.75) is 51.6 Å². The largest absolute Gasteiger partial charge is 0.313 e. The topological polar surface area (TPSA) is 61.4 Å². The highest BCUT2D eigenvalue weighted by Crippen LogP contribution is 2.19. The Bertz CT molecular complexity index is 369. The fraction of sp³-hybridized carbons (Fsp3) is 1.00. The van der Waals surface area contributed by atoms with Gasteiger partial charge in [-0.1, -0.05) is 6.92 Å². The molecule has 2 N–H and O–H groups in total. The highest BCUT2D eigenvalue weighted by atomic mass is 35.5. The van der Waals surface area contributed by atoms with Crippen LogP contribution in [0.5, 0.6) is 0 Å². The van der Waals surface area contributed by atoms with Crippen molar-refractivity contribution in [2.75, 3.05) is 19.6 Å². The van der Waals surface area contributed by atoms with Crippen molar-refractivity contribution in [3.63, 3.8) is 0 Å². The average Bonchev–Trinajstić information content (AvgIpc) is 2.32. The molecule has 0 aromatic rings. The van der Waals surface area contributed by atoms with Crippen molar-refractivity contribution in [1.29, 1.82) is 0 Å². The molecular weight excluding hydrogens is 286 g/mol. The first-order valence-electron chi connectivity index (χ1n) is 7.00. The van der Waals surface area contributed by atoms with Crippen LogP contribution in [0.2, 0.25) is 0 Å². The molecule has 2 rings (SSSR count). The predicted octanol–water partition coefficient (Wildman–Crippen LogP) is 1.11. The van der Waals surface area contributed by atoms with Crippen molar-refractivity contribution in [2.24, 2.45) is 5.92 Å². The lowest BCUT2D eigenvalue weighted by atomic mass is 10.0. The summed E-state index contributed by atoms with van der Waals surface area (Å²) in [5.74, 6) is 0.645. The zero-order valence-electron chi connectivity index (χ0n) is 11.8. The van der Waals surface area contributed by atoms with Gasteiger partial charge < -0.3 is 5.32 Å². The smallest absolute Gasteiger partial charge is 0.279 e. The van der Waals surface area contributed by atoms with Crippen LogP contribution in [0.15, 0.2) is 0 Å². The summed E-state index contributed by atoms with van der Waals surface area (Å²) in [7, 11) is -3.30. The van der Waals surface area contributed by atoms with E-state index in [1.54, 1.807) is 4.31 Å². The van der Waals surface area contributed by atoms with Gasteiger partial charge in [0.25, 0.3) is 10.2 Å². The van der Waals surface area contributed by atoms with E-state index in [2.05, 4.69) is 17.0 Å². The first kappa shape index (κ1) is 17.2. The quantitative estimate of drug-likeness (QED) is 0.821. The van der Waals surface area contributed by atoms with Gasteiger partial charge in [0.1, 0.15) is 0 Å². The SMILES string of the molecule is CC1CCN(S(=O)(=O)NC2CCCNC2C)CC1.Cl. The Balaban J connectivity index is 0.00000180. The zero-order chi connectivity index (χ0) is 13.2. The fourth-order valence-electron chi connectivity index (χ4n) is 2.70. The third-order valence-electron chi connectivity index (χ3n) is 4.14. The lowest BCUT2D eigenvalue weighted by molar-refractivity contribution is 0.276. The number of hydrogen-bond acceptors (Lipinski definition) is 3. The molecule has 0 saturated carbocycles. The minimum Gasteiger partial charge on any atom is -0.313 e. The minimum atomic E-state index is -3.30.